The summed E-state index contributed by atoms with van der Waals surface area (Å²) in [5.41, 5.74) is 2.19. The van der Waals surface area contributed by atoms with E-state index in [1.54, 1.807) is 11.8 Å². The van der Waals surface area contributed by atoms with Crippen molar-refractivity contribution in [2.24, 2.45) is 0 Å². The number of hydrogen-bond donors (Lipinski definition) is 2. The normalized spacial score (nSPS) is 11.0. The van der Waals surface area contributed by atoms with E-state index in [-0.39, 0.29) is 6.61 Å². The zero-order valence-electron chi connectivity index (χ0n) is 16.8. The van der Waals surface area contributed by atoms with Gasteiger partial charge < -0.3 is 15.2 Å². The third kappa shape index (κ3) is 5.03. The highest BCUT2D eigenvalue weighted by Gasteiger charge is 2.07. The predicted molar refractivity (Wildman–Crippen MR) is 124 cm³/mol. The van der Waals surface area contributed by atoms with Crippen LogP contribution in [0.5, 0.6) is 5.75 Å². The molecule has 0 saturated carbocycles. The minimum atomic E-state index is 0.0507. The predicted octanol–water partition coefficient (Wildman–Crippen LogP) is 5.65. The van der Waals surface area contributed by atoms with Crippen molar-refractivity contribution < 1.29 is 9.84 Å². The summed E-state index contributed by atoms with van der Waals surface area (Å²) in [7, 11) is 0. The van der Waals surface area contributed by atoms with Crippen LogP contribution in [0.4, 0.5) is 0 Å². The Morgan fingerprint density at radius 2 is 1.40 bits per heavy atom. The Bertz CT molecular complexity index is 1110. The average Bonchev–Trinajstić information content (AvgIpc) is 2.80. The van der Waals surface area contributed by atoms with E-state index in [2.05, 4.69) is 53.8 Å². The number of nitrogens with one attached hydrogen (secondary N) is 1. The molecule has 0 aliphatic carbocycles. The van der Waals surface area contributed by atoms with E-state index in [0.717, 1.165) is 34.7 Å². The van der Waals surface area contributed by atoms with Crippen molar-refractivity contribution in [1.82, 2.24) is 5.32 Å². The molecule has 0 bridgehead atoms. The molecular weight excluding hydrogens is 390 g/mol. The van der Waals surface area contributed by atoms with E-state index >= 15 is 0 Å². The van der Waals surface area contributed by atoms with Crippen molar-refractivity contribution in [3.63, 3.8) is 0 Å². The van der Waals surface area contributed by atoms with Crippen molar-refractivity contribution in [1.29, 1.82) is 0 Å². The second-order valence-corrected chi connectivity index (χ2v) is 8.06. The maximum absolute atomic E-state index is 9.59. The first kappa shape index (κ1) is 20.5. The fourth-order valence-electron chi connectivity index (χ4n) is 3.38. The minimum Gasteiger partial charge on any atom is -0.492 e. The molecule has 4 rings (SSSR count). The molecule has 0 amide bonds. The third-order valence-corrected chi connectivity index (χ3v) is 6.17. The molecule has 4 heteroatoms. The number of fused-ring (bicyclic) bond motifs is 1. The topological polar surface area (TPSA) is 41.5 Å². The zero-order chi connectivity index (χ0) is 20.6. The van der Waals surface area contributed by atoms with Gasteiger partial charge in [0.05, 0.1) is 6.61 Å². The standard InChI is InChI=1S/C26H25NO2S/c28-19-22-10-3-6-15-26(22)30-25-14-5-2-9-21(25)18-27-16-17-29-24-13-7-11-20-8-1-4-12-23(20)24/h1-15,27-28H,16-19H2. The first-order chi connectivity index (χ1) is 14.8. The molecule has 0 unspecified atom stereocenters. The highest BCUT2D eigenvalue weighted by Crippen LogP contribution is 2.32. The largest absolute Gasteiger partial charge is 0.492 e. The first-order valence-corrected chi connectivity index (χ1v) is 10.9. The number of aliphatic hydroxyl groups is 1. The Morgan fingerprint density at radius 3 is 2.23 bits per heavy atom. The second-order valence-electron chi connectivity index (χ2n) is 6.98. The Morgan fingerprint density at radius 1 is 0.733 bits per heavy atom. The van der Waals surface area contributed by atoms with Crippen LogP contribution in [-0.4, -0.2) is 18.3 Å². The van der Waals surface area contributed by atoms with Crippen molar-refractivity contribution in [2.75, 3.05) is 13.2 Å². The van der Waals surface area contributed by atoms with E-state index < -0.39 is 0 Å². The molecule has 0 aromatic heterocycles. The molecule has 30 heavy (non-hydrogen) atoms. The molecule has 2 N–H and O–H groups in total. The summed E-state index contributed by atoms with van der Waals surface area (Å²) in [4.78, 5) is 2.28. The molecular formula is C26H25NO2S. The Kier molecular flexibility index (Phi) is 7.03. The van der Waals surface area contributed by atoms with Crippen LogP contribution >= 0.6 is 11.8 Å². The maximum Gasteiger partial charge on any atom is 0.127 e. The number of rotatable bonds is 9. The molecule has 152 valence electrons. The molecule has 0 saturated heterocycles. The van der Waals surface area contributed by atoms with Gasteiger partial charge in [0.2, 0.25) is 0 Å². The first-order valence-electron chi connectivity index (χ1n) is 10.1. The average molecular weight is 416 g/mol. The van der Waals surface area contributed by atoms with Crippen molar-refractivity contribution in [3.8, 4) is 5.75 Å². The smallest absolute Gasteiger partial charge is 0.127 e. The SMILES string of the molecule is OCc1ccccc1Sc1ccccc1CNCCOc1cccc2ccccc12. The van der Waals surface area contributed by atoms with Crippen LogP contribution in [0.25, 0.3) is 10.8 Å². The van der Waals surface area contributed by atoms with Gasteiger partial charge >= 0.3 is 0 Å². The Labute approximate surface area is 181 Å². The number of ether oxygens (including phenoxy) is 1. The fraction of sp³-hybridized carbons (Fsp3) is 0.154. The molecule has 4 aromatic carbocycles. The summed E-state index contributed by atoms with van der Waals surface area (Å²) in [6.45, 7) is 2.19. The van der Waals surface area contributed by atoms with Gasteiger partial charge in [0.15, 0.2) is 0 Å². The van der Waals surface area contributed by atoms with Crippen LogP contribution in [0.15, 0.2) is 101 Å². The number of aliphatic hydroxyl groups excluding tert-OH is 1. The molecule has 0 fully saturated rings. The fourth-order valence-corrected chi connectivity index (χ4v) is 4.44. The molecule has 0 aliphatic heterocycles. The number of benzene rings is 4. The minimum absolute atomic E-state index is 0.0507. The molecule has 0 radical (unpaired) electrons. The van der Waals surface area contributed by atoms with Crippen LogP contribution in [0.3, 0.4) is 0 Å². The summed E-state index contributed by atoms with van der Waals surface area (Å²) in [6.07, 6.45) is 0. The lowest BCUT2D eigenvalue weighted by Gasteiger charge is -2.13. The summed E-state index contributed by atoms with van der Waals surface area (Å²) < 4.78 is 6.02. The number of hydrogen-bond acceptors (Lipinski definition) is 4. The van der Waals surface area contributed by atoms with Gasteiger partial charge in [0.1, 0.15) is 12.4 Å². The van der Waals surface area contributed by atoms with Gasteiger partial charge in [0.25, 0.3) is 0 Å². The van der Waals surface area contributed by atoms with Crippen LogP contribution in [-0.2, 0) is 13.2 Å². The van der Waals surface area contributed by atoms with Crippen LogP contribution in [0.2, 0.25) is 0 Å². The van der Waals surface area contributed by atoms with Gasteiger partial charge in [-0.1, -0.05) is 84.6 Å². The summed E-state index contributed by atoms with van der Waals surface area (Å²) in [5, 5.41) is 15.4. The van der Waals surface area contributed by atoms with Gasteiger partial charge in [-0.25, -0.2) is 0 Å². The van der Waals surface area contributed by atoms with E-state index in [1.165, 1.54) is 15.8 Å². The lowest BCUT2D eigenvalue weighted by molar-refractivity contribution is 0.279. The Hall–Kier alpha value is -2.79. The van der Waals surface area contributed by atoms with E-state index in [9.17, 15) is 5.11 Å². The van der Waals surface area contributed by atoms with Gasteiger partial charge in [-0.05, 0) is 34.7 Å². The van der Waals surface area contributed by atoms with E-state index in [4.69, 9.17) is 4.74 Å². The molecule has 0 spiro atoms. The molecule has 0 heterocycles. The van der Waals surface area contributed by atoms with E-state index in [1.807, 2.05) is 42.5 Å². The van der Waals surface area contributed by atoms with E-state index in [0.29, 0.717) is 6.61 Å². The molecule has 3 nitrogen and oxygen atoms in total. The van der Waals surface area contributed by atoms with Gasteiger partial charge in [0, 0.05) is 28.3 Å². The van der Waals surface area contributed by atoms with Gasteiger partial charge in [-0.15, -0.1) is 0 Å². The monoisotopic (exact) mass is 415 g/mol. The molecule has 0 atom stereocenters. The highest BCUT2D eigenvalue weighted by atomic mass is 32.2. The van der Waals surface area contributed by atoms with Crippen molar-refractivity contribution >= 4 is 22.5 Å². The highest BCUT2D eigenvalue weighted by molar-refractivity contribution is 7.99. The summed E-state index contributed by atoms with van der Waals surface area (Å²) >= 11 is 1.70. The van der Waals surface area contributed by atoms with Gasteiger partial charge in [-0.3, -0.25) is 0 Å². The zero-order valence-corrected chi connectivity index (χ0v) is 17.6. The van der Waals surface area contributed by atoms with Crippen molar-refractivity contribution in [2.45, 2.75) is 22.9 Å². The second kappa shape index (κ2) is 10.3. The van der Waals surface area contributed by atoms with Crippen LogP contribution < -0.4 is 10.1 Å². The van der Waals surface area contributed by atoms with Crippen LogP contribution in [0, 0.1) is 0 Å². The summed E-state index contributed by atoms with van der Waals surface area (Å²) in [5.74, 6) is 0.923. The molecule has 0 aliphatic rings. The van der Waals surface area contributed by atoms with Crippen molar-refractivity contribution in [3.05, 3.63) is 102 Å². The lowest BCUT2D eigenvalue weighted by Crippen LogP contribution is -2.21. The van der Waals surface area contributed by atoms with Gasteiger partial charge in [-0.2, -0.15) is 0 Å². The Balaban J connectivity index is 1.33. The third-order valence-electron chi connectivity index (χ3n) is 4.94. The maximum atomic E-state index is 9.59. The van der Waals surface area contributed by atoms with Crippen LogP contribution in [0.1, 0.15) is 11.1 Å². The lowest BCUT2D eigenvalue weighted by atomic mass is 10.1. The molecule has 4 aromatic rings. The quantitative estimate of drug-likeness (QED) is 0.347. The summed E-state index contributed by atoms with van der Waals surface area (Å²) in [6, 6.07) is 30.8.